The van der Waals surface area contributed by atoms with Gasteiger partial charge in [0.15, 0.2) is 0 Å². The number of nitrogens with one attached hydrogen (secondary N) is 1. The molecule has 0 aliphatic rings. The minimum absolute atomic E-state index is 0.166. The van der Waals surface area contributed by atoms with E-state index in [4.69, 9.17) is 16.3 Å². The molecule has 7 nitrogen and oxygen atoms in total. The Hall–Kier alpha value is -2.58. The molecule has 9 heteroatoms. The molecule has 1 unspecified atom stereocenters. The fourth-order valence-electron chi connectivity index (χ4n) is 2.54. The molecule has 1 atom stereocenters. The fraction of sp³-hybridized carbons (Fsp3) is 0.263. The minimum atomic E-state index is -0.432. The van der Waals surface area contributed by atoms with Gasteiger partial charge in [0, 0.05) is 10.7 Å². The number of anilines is 1. The normalized spacial score (nSPS) is 11.9. The van der Waals surface area contributed by atoms with Crippen molar-refractivity contribution in [1.29, 1.82) is 0 Å². The molecule has 1 amide bonds. The van der Waals surface area contributed by atoms with Crippen molar-refractivity contribution in [3.05, 3.63) is 52.5 Å². The van der Waals surface area contributed by atoms with Crippen molar-refractivity contribution in [3.8, 4) is 11.4 Å². The summed E-state index contributed by atoms with van der Waals surface area (Å²) in [4.78, 5) is 12.6. The van der Waals surface area contributed by atoms with Gasteiger partial charge in [0.1, 0.15) is 11.4 Å². The molecule has 28 heavy (non-hydrogen) atoms. The largest absolute Gasteiger partial charge is 0.494 e. The quantitative estimate of drug-likeness (QED) is 0.609. The molecule has 146 valence electrons. The summed E-state index contributed by atoms with van der Waals surface area (Å²) in [6.45, 7) is 5.68. The average molecular weight is 418 g/mol. The molecule has 0 spiro atoms. The molecule has 0 aliphatic heterocycles. The van der Waals surface area contributed by atoms with Crippen LogP contribution in [0.1, 0.15) is 18.1 Å². The van der Waals surface area contributed by atoms with Crippen molar-refractivity contribution in [2.75, 3.05) is 12.4 Å². The van der Waals surface area contributed by atoms with E-state index in [9.17, 15) is 4.79 Å². The average Bonchev–Trinajstić information content (AvgIpc) is 3.12. The maximum atomic E-state index is 12.6. The zero-order chi connectivity index (χ0) is 20.3. The Balaban J connectivity index is 1.80. The third-order valence-corrected chi connectivity index (χ3v) is 5.38. The lowest BCUT2D eigenvalue weighted by Crippen LogP contribution is -2.23. The highest BCUT2D eigenvalue weighted by Crippen LogP contribution is 2.29. The lowest BCUT2D eigenvalue weighted by Gasteiger charge is -2.14. The molecule has 0 fully saturated rings. The first kappa shape index (κ1) is 20.2. The number of hydrogen-bond acceptors (Lipinski definition) is 6. The molecular formula is C19H20ClN5O2S. The van der Waals surface area contributed by atoms with Crippen molar-refractivity contribution in [2.45, 2.75) is 31.2 Å². The van der Waals surface area contributed by atoms with Crippen LogP contribution < -0.4 is 10.1 Å². The van der Waals surface area contributed by atoms with Crippen molar-refractivity contribution >= 4 is 35.0 Å². The molecule has 1 aromatic heterocycles. The van der Waals surface area contributed by atoms with Gasteiger partial charge >= 0.3 is 0 Å². The number of halogens is 1. The summed E-state index contributed by atoms with van der Waals surface area (Å²) in [6.07, 6.45) is 0. The van der Waals surface area contributed by atoms with Crippen LogP contribution >= 0.6 is 23.4 Å². The first-order valence-electron chi connectivity index (χ1n) is 8.56. The van der Waals surface area contributed by atoms with Gasteiger partial charge in [-0.25, -0.2) is 0 Å². The van der Waals surface area contributed by atoms with Gasteiger partial charge in [-0.05, 0) is 66.6 Å². The zero-order valence-electron chi connectivity index (χ0n) is 15.9. The molecule has 0 aliphatic carbocycles. The van der Waals surface area contributed by atoms with E-state index in [0.29, 0.717) is 27.3 Å². The molecule has 0 radical (unpaired) electrons. The number of ether oxygens (including phenoxy) is 1. The van der Waals surface area contributed by atoms with E-state index >= 15 is 0 Å². The number of methoxy groups -OCH3 is 1. The third-order valence-electron chi connectivity index (χ3n) is 4.11. The Morgan fingerprint density at radius 2 is 2.04 bits per heavy atom. The number of carbonyl (C=O) groups excluding carboxylic acids is 1. The van der Waals surface area contributed by atoms with E-state index in [1.165, 1.54) is 11.8 Å². The number of hydrogen-bond donors (Lipinski definition) is 1. The van der Waals surface area contributed by atoms with E-state index in [1.54, 1.807) is 30.8 Å². The fourth-order valence-corrected chi connectivity index (χ4v) is 3.52. The van der Waals surface area contributed by atoms with E-state index < -0.39 is 5.25 Å². The summed E-state index contributed by atoms with van der Waals surface area (Å²) in [6, 6.07) is 11.1. The lowest BCUT2D eigenvalue weighted by molar-refractivity contribution is -0.115. The van der Waals surface area contributed by atoms with Gasteiger partial charge in [-0.1, -0.05) is 35.5 Å². The Bertz CT molecular complexity index is 1010. The molecule has 2 aromatic carbocycles. The van der Waals surface area contributed by atoms with Crippen LogP contribution in [0.15, 0.2) is 41.6 Å². The van der Waals surface area contributed by atoms with Crippen LogP contribution in [0.2, 0.25) is 5.02 Å². The highest BCUT2D eigenvalue weighted by molar-refractivity contribution is 8.00. The number of amides is 1. The van der Waals surface area contributed by atoms with E-state index in [2.05, 4.69) is 20.8 Å². The topological polar surface area (TPSA) is 81.9 Å². The van der Waals surface area contributed by atoms with Gasteiger partial charge in [-0.2, -0.15) is 4.68 Å². The molecule has 3 rings (SSSR count). The van der Waals surface area contributed by atoms with E-state index in [-0.39, 0.29) is 5.91 Å². The number of thioether (sulfide) groups is 1. The second-order valence-corrected chi connectivity index (χ2v) is 8.00. The monoisotopic (exact) mass is 417 g/mol. The lowest BCUT2D eigenvalue weighted by atomic mass is 10.2. The summed E-state index contributed by atoms with van der Waals surface area (Å²) < 4.78 is 6.99. The number of benzene rings is 2. The maximum Gasteiger partial charge on any atom is 0.237 e. The predicted molar refractivity (Wildman–Crippen MR) is 111 cm³/mol. The van der Waals surface area contributed by atoms with E-state index in [1.807, 2.05) is 38.1 Å². The number of aromatic nitrogens is 4. The van der Waals surface area contributed by atoms with Crippen LogP contribution in [0.3, 0.4) is 0 Å². The molecule has 1 N–H and O–H groups in total. The Morgan fingerprint density at radius 1 is 1.25 bits per heavy atom. The molecule has 0 saturated heterocycles. The first-order valence-corrected chi connectivity index (χ1v) is 9.82. The highest BCUT2D eigenvalue weighted by Gasteiger charge is 2.21. The molecule has 0 bridgehead atoms. The second-order valence-electron chi connectivity index (χ2n) is 6.26. The smallest absolute Gasteiger partial charge is 0.237 e. The number of rotatable bonds is 6. The van der Waals surface area contributed by atoms with Crippen LogP contribution in [0.4, 0.5) is 5.69 Å². The number of carbonyl (C=O) groups is 1. The minimum Gasteiger partial charge on any atom is -0.494 e. The SMILES string of the molecule is COc1ccc(C)cc1-n1nnnc1SC(C)C(=O)Nc1cc(Cl)ccc1C. The number of tetrazole rings is 1. The van der Waals surface area contributed by atoms with Gasteiger partial charge in [-0.3, -0.25) is 4.79 Å². The van der Waals surface area contributed by atoms with Crippen molar-refractivity contribution in [1.82, 2.24) is 20.2 Å². The molecule has 1 heterocycles. The van der Waals surface area contributed by atoms with Crippen LogP contribution in [0, 0.1) is 13.8 Å². The van der Waals surface area contributed by atoms with Crippen LogP contribution in [-0.2, 0) is 4.79 Å². The maximum absolute atomic E-state index is 12.6. The van der Waals surface area contributed by atoms with Gasteiger partial charge in [0.25, 0.3) is 0 Å². The summed E-state index contributed by atoms with van der Waals surface area (Å²) in [5, 5.41) is 15.4. The van der Waals surface area contributed by atoms with Gasteiger partial charge < -0.3 is 10.1 Å². The van der Waals surface area contributed by atoms with E-state index in [0.717, 1.165) is 11.1 Å². The summed E-state index contributed by atoms with van der Waals surface area (Å²) >= 11 is 7.29. The van der Waals surface area contributed by atoms with Crippen molar-refractivity contribution < 1.29 is 9.53 Å². The Morgan fingerprint density at radius 3 is 2.79 bits per heavy atom. The number of aryl methyl sites for hydroxylation is 2. The second kappa shape index (κ2) is 8.62. The third kappa shape index (κ3) is 4.45. The Labute approximate surface area is 172 Å². The highest BCUT2D eigenvalue weighted by atomic mass is 35.5. The van der Waals surface area contributed by atoms with Crippen LogP contribution in [-0.4, -0.2) is 38.5 Å². The summed E-state index contributed by atoms with van der Waals surface area (Å²) in [5.41, 5.74) is 3.38. The standard InChI is InChI=1S/C19H20ClN5O2S/c1-11-5-8-17(27-4)16(9-11)25-19(22-23-24-25)28-13(3)18(26)21-15-10-14(20)7-6-12(15)2/h5-10,13H,1-4H3,(H,21,26). The van der Waals surface area contributed by atoms with Crippen LogP contribution in [0.5, 0.6) is 5.75 Å². The summed E-state index contributed by atoms with van der Waals surface area (Å²) in [7, 11) is 1.59. The molecular weight excluding hydrogens is 398 g/mol. The number of nitrogens with zero attached hydrogens (tertiary/aromatic N) is 4. The predicted octanol–water partition coefficient (Wildman–Crippen LogP) is 4.06. The van der Waals surface area contributed by atoms with Crippen molar-refractivity contribution in [3.63, 3.8) is 0 Å². The zero-order valence-corrected chi connectivity index (χ0v) is 17.5. The van der Waals surface area contributed by atoms with Crippen LogP contribution in [0.25, 0.3) is 5.69 Å². The van der Waals surface area contributed by atoms with Gasteiger partial charge in [0.05, 0.1) is 12.4 Å². The molecule has 0 saturated carbocycles. The first-order chi connectivity index (χ1) is 13.4. The van der Waals surface area contributed by atoms with Gasteiger partial charge in [-0.15, -0.1) is 5.10 Å². The Kier molecular flexibility index (Phi) is 6.21. The summed E-state index contributed by atoms with van der Waals surface area (Å²) in [5.74, 6) is 0.479. The van der Waals surface area contributed by atoms with Gasteiger partial charge in [0.2, 0.25) is 11.1 Å². The molecule has 3 aromatic rings. The van der Waals surface area contributed by atoms with Crippen molar-refractivity contribution in [2.24, 2.45) is 0 Å².